The van der Waals surface area contributed by atoms with Crippen molar-refractivity contribution in [1.29, 1.82) is 0 Å². The maximum atomic E-state index is 12.9. The number of piperidine rings is 1. The number of carbonyl (C=O) groups is 1. The van der Waals surface area contributed by atoms with Crippen LogP contribution in [-0.2, 0) is 14.3 Å². The van der Waals surface area contributed by atoms with Crippen molar-refractivity contribution in [3.63, 3.8) is 0 Å². The Labute approximate surface area is 154 Å². The summed E-state index contributed by atoms with van der Waals surface area (Å²) in [6, 6.07) is 7.92. The molecule has 1 amide bonds. The Morgan fingerprint density at radius 2 is 1.68 bits per heavy atom. The highest BCUT2D eigenvalue weighted by atomic mass is 35.5. The number of carbonyl (C=O) groups excluding carboxylic acids is 1. The number of hydrogen-bond donors (Lipinski definition) is 0. The van der Waals surface area contributed by atoms with Crippen molar-refractivity contribution in [2.75, 3.05) is 19.8 Å². The summed E-state index contributed by atoms with van der Waals surface area (Å²) >= 11 is 5.98. The number of ether oxygens (including phenoxy) is 2. The van der Waals surface area contributed by atoms with Gasteiger partial charge in [-0.05, 0) is 49.3 Å². The van der Waals surface area contributed by atoms with Gasteiger partial charge in [0.2, 0.25) is 5.91 Å². The predicted octanol–water partition coefficient (Wildman–Crippen LogP) is 4.33. The van der Waals surface area contributed by atoms with E-state index < -0.39 is 0 Å². The number of halogens is 1. The van der Waals surface area contributed by atoms with Crippen LogP contribution in [0.1, 0.15) is 57.1 Å². The highest BCUT2D eigenvalue weighted by molar-refractivity contribution is 6.30. The van der Waals surface area contributed by atoms with Crippen LogP contribution in [-0.4, -0.2) is 36.4 Å². The molecule has 2 spiro atoms. The first-order valence-corrected chi connectivity index (χ1v) is 9.72. The quantitative estimate of drug-likeness (QED) is 0.785. The lowest BCUT2D eigenvalue weighted by molar-refractivity contribution is -0.196. The van der Waals surface area contributed by atoms with Crippen LogP contribution >= 0.6 is 11.6 Å². The molecule has 1 aromatic rings. The number of hydrogen-bond acceptors (Lipinski definition) is 3. The summed E-state index contributed by atoms with van der Waals surface area (Å²) in [5, 5.41) is 0.729. The van der Waals surface area contributed by atoms with Gasteiger partial charge in [0.05, 0.1) is 19.3 Å². The molecule has 1 saturated carbocycles. The zero-order valence-corrected chi connectivity index (χ0v) is 15.6. The molecule has 0 aromatic heterocycles. The molecule has 25 heavy (non-hydrogen) atoms. The Balaban J connectivity index is 1.40. The van der Waals surface area contributed by atoms with Gasteiger partial charge in [-0.2, -0.15) is 0 Å². The lowest BCUT2D eigenvalue weighted by atomic mass is 9.66. The summed E-state index contributed by atoms with van der Waals surface area (Å²) in [5.74, 6) is -0.0694. The second-order valence-corrected chi connectivity index (χ2v) is 8.29. The first kappa shape index (κ1) is 17.3. The van der Waals surface area contributed by atoms with Crippen molar-refractivity contribution in [1.82, 2.24) is 4.90 Å². The Hall–Kier alpha value is -1.10. The van der Waals surface area contributed by atoms with Crippen molar-refractivity contribution in [3.8, 4) is 0 Å². The van der Waals surface area contributed by atoms with Gasteiger partial charge in [-0.15, -0.1) is 0 Å². The maximum absolute atomic E-state index is 12.9. The van der Waals surface area contributed by atoms with E-state index in [1.807, 2.05) is 29.2 Å². The minimum atomic E-state index is -0.345. The van der Waals surface area contributed by atoms with Crippen LogP contribution in [0.25, 0.3) is 0 Å². The van der Waals surface area contributed by atoms with Gasteiger partial charge in [-0.25, -0.2) is 0 Å². The molecule has 0 radical (unpaired) electrons. The third kappa shape index (κ3) is 3.32. The van der Waals surface area contributed by atoms with Crippen LogP contribution < -0.4 is 0 Å². The summed E-state index contributed by atoms with van der Waals surface area (Å²) in [6.07, 6.45) is 5.64. The van der Waals surface area contributed by atoms with E-state index in [1.165, 1.54) is 0 Å². The molecule has 2 saturated heterocycles. The molecule has 1 atom stereocenters. The third-order valence-corrected chi connectivity index (χ3v) is 6.69. The van der Waals surface area contributed by atoms with Gasteiger partial charge < -0.3 is 14.4 Å². The summed E-state index contributed by atoms with van der Waals surface area (Å²) in [6.45, 7) is 4.35. The first-order chi connectivity index (χ1) is 12.0. The van der Waals surface area contributed by atoms with E-state index in [0.717, 1.165) is 49.2 Å². The molecular weight excluding hydrogens is 338 g/mol. The number of benzene rings is 1. The van der Waals surface area contributed by atoms with E-state index in [9.17, 15) is 4.79 Å². The number of rotatable bonds is 2. The van der Waals surface area contributed by atoms with Gasteiger partial charge in [-0.3, -0.25) is 4.79 Å². The molecule has 4 nitrogen and oxygen atoms in total. The molecule has 3 aliphatic rings. The highest BCUT2D eigenvalue weighted by Gasteiger charge is 2.49. The van der Waals surface area contributed by atoms with E-state index in [4.69, 9.17) is 21.1 Å². The SMILES string of the molecule is C[C@@H](c1ccc(Cl)cc1)N1CCC2(CCC3(CC2)OCCO3)CC1=O. The van der Waals surface area contributed by atoms with Gasteiger partial charge >= 0.3 is 0 Å². The summed E-state index contributed by atoms with van der Waals surface area (Å²) < 4.78 is 11.7. The zero-order valence-electron chi connectivity index (χ0n) is 14.8. The van der Waals surface area contributed by atoms with E-state index >= 15 is 0 Å². The van der Waals surface area contributed by atoms with E-state index in [-0.39, 0.29) is 23.2 Å². The smallest absolute Gasteiger partial charge is 0.223 e. The Bertz CT molecular complexity index is 629. The number of likely N-dealkylation sites (tertiary alicyclic amines) is 1. The molecular formula is C20H26ClNO3. The molecule has 0 N–H and O–H groups in total. The minimum absolute atomic E-state index is 0.0959. The number of nitrogens with zero attached hydrogens (tertiary/aromatic N) is 1. The largest absolute Gasteiger partial charge is 0.348 e. The lowest BCUT2D eigenvalue weighted by Gasteiger charge is -2.48. The topological polar surface area (TPSA) is 38.8 Å². The Morgan fingerprint density at radius 3 is 2.28 bits per heavy atom. The standard InChI is InChI=1S/C20H26ClNO3/c1-15(16-2-4-17(21)5-3-16)22-11-10-19(14-18(22)23)6-8-20(9-7-19)24-12-13-25-20/h2-5,15H,6-14H2,1H3/t15-/m0/s1. The third-order valence-electron chi connectivity index (χ3n) is 6.44. The monoisotopic (exact) mass is 363 g/mol. The van der Waals surface area contributed by atoms with Crippen molar-refractivity contribution in [3.05, 3.63) is 34.9 Å². The molecule has 2 aliphatic heterocycles. The molecule has 2 heterocycles. The van der Waals surface area contributed by atoms with E-state index in [1.54, 1.807) is 0 Å². The second-order valence-electron chi connectivity index (χ2n) is 7.85. The Kier molecular flexibility index (Phi) is 4.55. The van der Waals surface area contributed by atoms with Gasteiger partial charge in [0.25, 0.3) is 0 Å². The summed E-state index contributed by atoms with van der Waals surface area (Å²) in [4.78, 5) is 14.9. The zero-order chi connectivity index (χ0) is 17.5. The number of amides is 1. The lowest BCUT2D eigenvalue weighted by Crippen LogP contribution is -2.49. The summed E-state index contributed by atoms with van der Waals surface area (Å²) in [5.41, 5.74) is 1.29. The normalized spacial score (nSPS) is 26.3. The molecule has 0 bridgehead atoms. The predicted molar refractivity (Wildman–Crippen MR) is 96.4 cm³/mol. The second kappa shape index (κ2) is 6.57. The molecule has 5 heteroatoms. The van der Waals surface area contributed by atoms with Crippen molar-refractivity contribution in [2.24, 2.45) is 5.41 Å². The molecule has 4 rings (SSSR count). The average Bonchev–Trinajstić information content (AvgIpc) is 3.07. The van der Waals surface area contributed by atoms with Crippen LogP contribution in [0, 0.1) is 5.41 Å². The molecule has 1 aliphatic carbocycles. The molecule has 0 unspecified atom stereocenters. The van der Waals surface area contributed by atoms with Crippen LogP contribution in [0.15, 0.2) is 24.3 Å². The van der Waals surface area contributed by atoms with Gasteiger partial charge in [0, 0.05) is 30.8 Å². The van der Waals surface area contributed by atoms with Gasteiger partial charge in [-0.1, -0.05) is 23.7 Å². The van der Waals surface area contributed by atoms with E-state index in [0.29, 0.717) is 19.6 Å². The Morgan fingerprint density at radius 1 is 1.04 bits per heavy atom. The highest BCUT2D eigenvalue weighted by Crippen LogP contribution is 2.50. The molecule has 1 aromatic carbocycles. The average molecular weight is 364 g/mol. The minimum Gasteiger partial charge on any atom is -0.348 e. The maximum Gasteiger partial charge on any atom is 0.223 e. The fourth-order valence-electron chi connectivity index (χ4n) is 4.70. The first-order valence-electron chi connectivity index (χ1n) is 9.34. The van der Waals surface area contributed by atoms with Crippen LogP contribution in [0.4, 0.5) is 0 Å². The fraction of sp³-hybridized carbons (Fsp3) is 0.650. The van der Waals surface area contributed by atoms with Crippen LogP contribution in [0.2, 0.25) is 5.02 Å². The fourth-order valence-corrected chi connectivity index (χ4v) is 4.82. The van der Waals surface area contributed by atoms with Crippen molar-refractivity contribution >= 4 is 17.5 Å². The van der Waals surface area contributed by atoms with E-state index in [2.05, 4.69) is 6.92 Å². The van der Waals surface area contributed by atoms with Gasteiger partial charge in [0.15, 0.2) is 5.79 Å². The van der Waals surface area contributed by atoms with Crippen LogP contribution in [0.5, 0.6) is 0 Å². The summed E-state index contributed by atoms with van der Waals surface area (Å²) in [7, 11) is 0. The van der Waals surface area contributed by atoms with Gasteiger partial charge in [0.1, 0.15) is 0 Å². The van der Waals surface area contributed by atoms with Crippen molar-refractivity contribution < 1.29 is 14.3 Å². The molecule has 136 valence electrons. The van der Waals surface area contributed by atoms with Crippen LogP contribution in [0.3, 0.4) is 0 Å². The van der Waals surface area contributed by atoms with Crippen molar-refractivity contribution in [2.45, 2.75) is 57.3 Å². The molecule has 3 fully saturated rings.